The van der Waals surface area contributed by atoms with Crippen molar-refractivity contribution in [2.45, 2.75) is 0 Å². The van der Waals surface area contributed by atoms with Gasteiger partial charge in [0.1, 0.15) is 17.3 Å². The molecule has 1 heterocycles. The molecule has 0 spiro atoms. The van der Waals surface area contributed by atoms with E-state index in [0.717, 1.165) is 0 Å². The SMILES string of the molecule is Nc1c(C(=O)c2ccccc2)cnn1-c1ccccc1F. The number of aromatic nitrogens is 2. The maximum atomic E-state index is 13.8. The summed E-state index contributed by atoms with van der Waals surface area (Å²) in [4.78, 5) is 12.4. The fraction of sp³-hybridized carbons (Fsp3) is 0. The van der Waals surface area contributed by atoms with Crippen molar-refractivity contribution in [2.75, 3.05) is 5.73 Å². The molecule has 0 aliphatic carbocycles. The Morgan fingerprint density at radius 3 is 2.43 bits per heavy atom. The molecule has 0 saturated carbocycles. The van der Waals surface area contributed by atoms with Gasteiger partial charge in [-0.25, -0.2) is 9.07 Å². The molecule has 0 aliphatic heterocycles. The fourth-order valence-corrected chi connectivity index (χ4v) is 2.09. The number of anilines is 1. The van der Waals surface area contributed by atoms with Crippen molar-refractivity contribution < 1.29 is 9.18 Å². The summed E-state index contributed by atoms with van der Waals surface area (Å²) in [6.45, 7) is 0. The Bertz CT molecular complexity index is 796. The van der Waals surface area contributed by atoms with E-state index in [1.54, 1.807) is 42.5 Å². The molecule has 104 valence electrons. The smallest absolute Gasteiger partial charge is 0.198 e. The van der Waals surface area contributed by atoms with Gasteiger partial charge < -0.3 is 5.73 Å². The van der Waals surface area contributed by atoms with Gasteiger partial charge in [-0.15, -0.1) is 0 Å². The van der Waals surface area contributed by atoms with Gasteiger partial charge in [-0.2, -0.15) is 5.10 Å². The normalized spacial score (nSPS) is 10.5. The molecule has 2 aromatic carbocycles. The summed E-state index contributed by atoms with van der Waals surface area (Å²) in [5.74, 6) is -0.573. The van der Waals surface area contributed by atoms with Gasteiger partial charge in [-0.3, -0.25) is 4.79 Å². The number of halogens is 1. The summed E-state index contributed by atoms with van der Waals surface area (Å²) < 4.78 is 15.0. The molecular formula is C16H12FN3O. The third-order valence-electron chi connectivity index (χ3n) is 3.17. The van der Waals surface area contributed by atoms with Gasteiger partial charge >= 0.3 is 0 Å². The summed E-state index contributed by atoms with van der Waals surface area (Å²) in [5, 5.41) is 4.02. The molecule has 0 aliphatic rings. The van der Waals surface area contributed by atoms with E-state index in [4.69, 9.17) is 5.73 Å². The molecule has 0 unspecified atom stereocenters. The predicted octanol–water partition coefficient (Wildman–Crippen LogP) is 2.82. The molecule has 0 fully saturated rings. The van der Waals surface area contributed by atoms with Gasteiger partial charge in [0.2, 0.25) is 0 Å². The second-order valence-electron chi connectivity index (χ2n) is 4.50. The zero-order valence-electron chi connectivity index (χ0n) is 11.0. The van der Waals surface area contributed by atoms with Crippen molar-refractivity contribution in [3.05, 3.63) is 77.7 Å². The van der Waals surface area contributed by atoms with Crippen LogP contribution in [-0.4, -0.2) is 15.6 Å². The highest BCUT2D eigenvalue weighted by Crippen LogP contribution is 2.21. The molecular weight excluding hydrogens is 269 g/mol. The summed E-state index contributed by atoms with van der Waals surface area (Å²) in [5.41, 5.74) is 6.93. The first-order chi connectivity index (χ1) is 10.2. The van der Waals surface area contributed by atoms with Crippen LogP contribution >= 0.6 is 0 Å². The largest absolute Gasteiger partial charge is 0.383 e. The first-order valence-corrected chi connectivity index (χ1v) is 6.36. The van der Waals surface area contributed by atoms with Gasteiger partial charge in [0, 0.05) is 5.56 Å². The zero-order chi connectivity index (χ0) is 14.8. The van der Waals surface area contributed by atoms with Crippen LogP contribution in [-0.2, 0) is 0 Å². The Hall–Kier alpha value is -2.95. The van der Waals surface area contributed by atoms with E-state index in [1.165, 1.54) is 16.9 Å². The van der Waals surface area contributed by atoms with Crippen LogP contribution in [0.3, 0.4) is 0 Å². The third kappa shape index (κ3) is 2.29. The highest BCUT2D eigenvalue weighted by Gasteiger charge is 2.18. The Morgan fingerprint density at radius 2 is 1.71 bits per heavy atom. The summed E-state index contributed by atoms with van der Waals surface area (Å²) in [6.07, 6.45) is 1.36. The predicted molar refractivity (Wildman–Crippen MR) is 77.8 cm³/mol. The van der Waals surface area contributed by atoms with Crippen LogP contribution in [0.4, 0.5) is 10.2 Å². The minimum absolute atomic E-state index is 0.119. The van der Waals surface area contributed by atoms with Gasteiger partial charge in [-0.1, -0.05) is 42.5 Å². The van der Waals surface area contributed by atoms with E-state index < -0.39 is 5.82 Å². The Morgan fingerprint density at radius 1 is 1.05 bits per heavy atom. The molecule has 0 amide bonds. The van der Waals surface area contributed by atoms with E-state index in [0.29, 0.717) is 5.56 Å². The van der Waals surface area contributed by atoms with E-state index in [-0.39, 0.29) is 22.9 Å². The van der Waals surface area contributed by atoms with Gasteiger partial charge in [-0.05, 0) is 12.1 Å². The average molecular weight is 281 g/mol. The van der Waals surface area contributed by atoms with Crippen LogP contribution in [0.2, 0.25) is 0 Å². The quantitative estimate of drug-likeness (QED) is 0.751. The Labute approximate surface area is 120 Å². The van der Waals surface area contributed by atoms with Crippen molar-refractivity contribution in [3.8, 4) is 5.69 Å². The van der Waals surface area contributed by atoms with E-state index in [9.17, 15) is 9.18 Å². The number of para-hydroxylation sites is 1. The fourth-order valence-electron chi connectivity index (χ4n) is 2.09. The average Bonchev–Trinajstić information content (AvgIpc) is 2.89. The number of nitrogen functional groups attached to an aromatic ring is 1. The number of rotatable bonds is 3. The Kier molecular flexibility index (Phi) is 3.23. The standard InChI is InChI=1S/C16H12FN3O/c17-13-8-4-5-9-14(13)20-16(18)12(10-19-20)15(21)11-6-2-1-3-7-11/h1-10H,18H2. The lowest BCUT2D eigenvalue weighted by molar-refractivity contribution is 0.103. The number of carbonyl (C=O) groups is 1. The van der Waals surface area contributed by atoms with Gasteiger partial charge in [0.05, 0.1) is 11.8 Å². The molecule has 0 bridgehead atoms. The minimum atomic E-state index is -0.453. The second kappa shape index (κ2) is 5.20. The highest BCUT2D eigenvalue weighted by atomic mass is 19.1. The van der Waals surface area contributed by atoms with Crippen LogP contribution in [0.5, 0.6) is 0 Å². The molecule has 2 N–H and O–H groups in total. The van der Waals surface area contributed by atoms with Crippen molar-refractivity contribution >= 4 is 11.6 Å². The summed E-state index contributed by atoms with van der Waals surface area (Å²) in [7, 11) is 0. The Balaban J connectivity index is 2.05. The van der Waals surface area contributed by atoms with Crippen molar-refractivity contribution in [1.29, 1.82) is 0 Å². The topological polar surface area (TPSA) is 60.9 Å². The maximum absolute atomic E-state index is 13.8. The summed E-state index contributed by atoms with van der Waals surface area (Å²) in [6, 6.07) is 14.9. The van der Waals surface area contributed by atoms with Crippen LogP contribution in [0, 0.1) is 5.82 Å². The molecule has 3 aromatic rings. The van der Waals surface area contributed by atoms with Crippen LogP contribution in [0.25, 0.3) is 5.69 Å². The van der Waals surface area contributed by atoms with Crippen molar-refractivity contribution in [1.82, 2.24) is 9.78 Å². The third-order valence-corrected chi connectivity index (χ3v) is 3.17. The van der Waals surface area contributed by atoms with Crippen LogP contribution < -0.4 is 5.73 Å². The number of nitrogens with zero attached hydrogens (tertiary/aromatic N) is 2. The van der Waals surface area contributed by atoms with E-state index in [2.05, 4.69) is 5.10 Å². The molecule has 4 nitrogen and oxygen atoms in total. The van der Waals surface area contributed by atoms with Crippen LogP contribution in [0.15, 0.2) is 60.8 Å². The molecule has 0 radical (unpaired) electrons. The van der Waals surface area contributed by atoms with Crippen molar-refractivity contribution in [3.63, 3.8) is 0 Å². The molecule has 3 rings (SSSR count). The maximum Gasteiger partial charge on any atom is 0.198 e. The first kappa shape index (κ1) is 13.1. The second-order valence-corrected chi connectivity index (χ2v) is 4.50. The molecule has 0 atom stereocenters. The number of benzene rings is 2. The number of ketones is 1. The lowest BCUT2D eigenvalue weighted by atomic mass is 10.1. The minimum Gasteiger partial charge on any atom is -0.383 e. The van der Waals surface area contributed by atoms with E-state index >= 15 is 0 Å². The first-order valence-electron chi connectivity index (χ1n) is 6.36. The molecule has 1 aromatic heterocycles. The van der Waals surface area contributed by atoms with Crippen LogP contribution in [0.1, 0.15) is 15.9 Å². The van der Waals surface area contributed by atoms with Gasteiger partial charge in [0.25, 0.3) is 0 Å². The number of nitrogens with two attached hydrogens (primary N) is 1. The lowest BCUT2D eigenvalue weighted by Crippen LogP contribution is -2.08. The monoisotopic (exact) mass is 281 g/mol. The molecule has 0 saturated heterocycles. The van der Waals surface area contributed by atoms with Gasteiger partial charge in [0.15, 0.2) is 5.78 Å². The number of hydrogen-bond acceptors (Lipinski definition) is 3. The zero-order valence-corrected chi connectivity index (χ0v) is 11.0. The van der Waals surface area contributed by atoms with Crippen molar-refractivity contribution in [2.24, 2.45) is 0 Å². The number of carbonyl (C=O) groups excluding carboxylic acids is 1. The lowest BCUT2D eigenvalue weighted by Gasteiger charge is -2.06. The molecule has 5 heteroatoms. The summed E-state index contributed by atoms with van der Waals surface area (Å²) >= 11 is 0. The highest BCUT2D eigenvalue weighted by molar-refractivity contribution is 6.11. The molecule has 21 heavy (non-hydrogen) atoms. The number of hydrogen-bond donors (Lipinski definition) is 1. The van der Waals surface area contributed by atoms with E-state index in [1.807, 2.05) is 6.07 Å².